The maximum atomic E-state index is 13.7. The second-order valence-electron chi connectivity index (χ2n) is 3.96. The molecule has 1 aliphatic rings. The molecule has 1 aromatic rings. The summed E-state index contributed by atoms with van der Waals surface area (Å²) in [6, 6.07) is 4.07. The molecule has 4 nitrogen and oxygen atoms in total. The molecule has 0 saturated carbocycles. The summed E-state index contributed by atoms with van der Waals surface area (Å²) < 4.78 is 13.7. The van der Waals surface area contributed by atoms with E-state index in [0.29, 0.717) is 25.2 Å². The van der Waals surface area contributed by atoms with Crippen molar-refractivity contribution in [2.75, 3.05) is 18.4 Å². The summed E-state index contributed by atoms with van der Waals surface area (Å²) in [6.45, 7) is 1.37. The molecule has 1 aromatic carbocycles. The van der Waals surface area contributed by atoms with Crippen LogP contribution in [0.5, 0.6) is 0 Å². The van der Waals surface area contributed by atoms with Gasteiger partial charge in [-0.15, -0.1) is 0 Å². The Morgan fingerprint density at radius 3 is 2.65 bits per heavy atom. The van der Waals surface area contributed by atoms with Gasteiger partial charge in [-0.2, -0.15) is 0 Å². The molecule has 0 spiro atoms. The number of carbonyl (C=O) groups is 2. The Bertz CT molecular complexity index is 442. The van der Waals surface area contributed by atoms with Crippen molar-refractivity contribution in [2.45, 2.75) is 12.8 Å². The molecule has 90 valence electrons. The van der Waals surface area contributed by atoms with Crippen molar-refractivity contribution in [3.05, 3.63) is 29.6 Å². The number of hydrogen-bond acceptors (Lipinski definition) is 2. The van der Waals surface area contributed by atoms with Gasteiger partial charge in [-0.25, -0.2) is 4.39 Å². The van der Waals surface area contributed by atoms with Gasteiger partial charge in [0.1, 0.15) is 5.82 Å². The molecule has 1 heterocycles. The van der Waals surface area contributed by atoms with E-state index < -0.39 is 5.82 Å². The van der Waals surface area contributed by atoms with Crippen LogP contribution in [0.1, 0.15) is 23.2 Å². The highest BCUT2D eigenvalue weighted by atomic mass is 19.1. The Balaban J connectivity index is 2.20. The van der Waals surface area contributed by atoms with Gasteiger partial charge in [-0.1, -0.05) is 0 Å². The molecule has 0 radical (unpaired) electrons. The van der Waals surface area contributed by atoms with Crippen molar-refractivity contribution in [2.24, 2.45) is 0 Å². The average Bonchev–Trinajstić information content (AvgIpc) is 2.82. The molecule has 0 bridgehead atoms. The van der Waals surface area contributed by atoms with E-state index in [0.717, 1.165) is 18.9 Å². The SMILES string of the molecule is O=CNc1ccc(C(=O)N2CCCC2)c(F)c1. The molecular formula is C12H13FN2O2. The minimum atomic E-state index is -0.603. The van der Waals surface area contributed by atoms with E-state index >= 15 is 0 Å². The third kappa shape index (κ3) is 2.43. The van der Waals surface area contributed by atoms with Crippen LogP contribution < -0.4 is 5.32 Å². The molecule has 0 aliphatic carbocycles. The third-order valence-corrected chi connectivity index (χ3v) is 2.82. The summed E-state index contributed by atoms with van der Waals surface area (Å²) in [4.78, 5) is 23.8. The Morgan fingerprint density at radius 1 is 1.35 bits per heavy atom. The maximum absolute atomic E-state index is 13.7. The second-order valence-corrected chi connectivity index (χ2v) is 3.96. The second kappa shape index (κ2) is 4.95. The number of nitrogens with zero attached hydrogens (tertiary/aromatic N) is 1. The number of anilines is 1. The third-order valence-electron chi connectivity index (χ3n) is 2.82. The van der Waals surface area contributed by atoms with Gasteiger partial charge < -0.3 is 10.2 Å². The van der Waals surface area contributed by atoms with Crippen molar-refractivity contribution >= 4 is 18.0 Å². The van der Waals surface area contributed by atoms with Gasteiger partial charge in [-0.3, -0.25) is 9.59 Å². The van der Waals surface area contributed by atoms with Crippen molar-refractivity contribution in [1.82, 2.24) is 4.90 Å². The Morgan fingerprint density at radius 2 is 2.06 bits per heavy atom. The number of nitrogens with one attached hydrogen (secondary N) is 1. The van der Waals surface area contributed by atoms with Gasteiger partial charge in [0.2, 0.25) is 6.41 Å². The number of rotatable bonds is 3. The fraction of sp³-hybridized carbons (Fsp3) is 0.333. The number of likely N-dealkylation sites (tertiary alicyclic amines) is 1. The summed E-state index contributed by atoms with van der Waals surface area (Å²) in [7, 11) is 0. The van der Waals surface area contributed by atoms with E-state index in [1.807, 2.05) is 0 Å². The number of hydrogen-bond donors (Lipinski definition) is 1. The topological polar surface area (TPSA) is 49.4 Å². The first-order valence-corrected chi connectivity index (χ1v) is 5.51. The van der Waals surface area contributed by atoms with Crippen LogP contribution in [0.25, 0.3) is 0 Å². The van der Waals surface area contributed by atoms with Crippen molar-refractivity contribution < 1.29 is 14.0 Å². The highest BCUT2D eigenvalue weighted by Crippen LogP contribution is 2.18. The van der Waals surface area contributed by atoms with Crippen LogP contribution in [-0.2, 0) is 4.79 Å². The predicted molar refractivity (Wildman–Crippen MR) is 61.2 cm³/mol. The quantitative estimate of drug-likeness (QED) is 0.811. The lowest BCUT2D eigenvalue weighted by atomic mass is 10.1. The first kappa shape index (κ1) is 11.6. The highest BCUT2D eigenvalue weighted by molar-refractivity contribution is 5.95. The minimum Gasteiger partial charge on any atom is -0.339 e. The van der Waals surface area contributed by atoms with Crippen LogP contribution in [0.2, 0.25) is 0 Å². The fourth-order valence-corrected chi connectivity index (χ4v) is 1.94. The van der Waals surface area contributed by atoms with Crippen LogP contribution in [0.15, 0.2) is 18.2 Å². The normalized spacial score (nSPS) is 14.8. The van der Waals surface area contributed by atoms with Crippen molar-refractivity contribution in [3.63, 3.8) is 0 Å². The molecule has 0 aromatic heterocycles. The lowest BCUT2D eigenvalue weighted by molar-refractivity contribution is -0.105. The first-order valence-electron chi connectivity index (χ1n) is 5.51. The summed E-state index contributed by atoms with van der Waals surface area (Å²) in [6.07, 6.45) is 2.41. The van der Waals surface area contributed by atoms with E-state index in [-0.39, 0.29) is 11.5 Å². The van der Waals surface area contributed by atoms with Gasteiger partial charge in [0.05, 0.1) is 5.56 Å². The molecule has 2 rings (SSSR count). The number of carbonyl (C=O) groups excluding carboxylic acids is 2. The summed E-state index contributed by atoms with van der Waals surface area (Å²) in [5, 5.41) is 2.34. The molecule has 0 atom stereocenters. The monoisotopic (exact) mass is 236 g/mol. The van der Waals surface area contributed by atoms with Gasteiger partial charge in [0, 0.05) is 18.8 Å². The molecular weight excluding hydrogens is 223 g/mol. The summed E-state index contributed by atoms with van der Waals surface area (Å²) >= 11 is 0. The number of amides is 2. The maximum Gasteiger partial charge on any atom is 0.256 e. The van der Waals surface area contributed by atoms with Crippen LogP contribution >= 0.6 is 0 Å². The Kier molecular flexibility index (Phi) is 3.37. The molecule has 2 amide bonds. The van der Waals surface area contributed by atoms with Gasteiger partial charge in [0.25, 0.3) is 5.91 Å². The zero-order valence-corrected chi connectivity index (χ0v) is 9.28. The molecule has 5 heteroatoms. The predicted octanol–water partition coefficient (Wildman–Crippen LogP) is 1.63. The van der Waals surface area contributed by atoms with E-state index in [9.17, 15) is 14.0 Å². The number of benzene rings is 1. The van der Waals surface area contributed by atoms with Crippen molar-refractivity contribution in [1.29, 1.82) is 0 Å². The van der Waals surface area contributed by atoms with Crippen LogP contribution in [-0.4, -0.2) is 30.3 Å². The highest BCUT2D eigenvalue weighted by Gasteiger charge is 2.22. The lowest BCUT2D eigenvalue weighted by Gasteiger charge is -2.15. The van der Waals surface area contributed by atoms with Gasteiger partial charge in [-0.05, 0) is 31.0 Å². The molecule has 1 N–H and O–H groups in total. The Hall–Kier alpha value is -1.91. The molecule has 1 fully saturated rings. The smallest absolute Gasteiger partial charge is 0.256 e. The fourth-order valence-electron chi connectivity index (χ4n) is 1.94. The van der Waals surface area contributed by atoms with E-state index in [4.69, 9.17) is 0 Å². The van der Waals surface area contributed by atoms with Gasteiger partial charge >= 0.3 is 0 Å². The van der Waals surface area contributed by atoms with E-state index in [1.54, 1.807) is 4.90 Å². The molecule has 1 aliphatic heterocycles. The lowest BCUT2D eigenvalue weighted by Crippen LogP contribution is -2.28. The minimum absolute atomic E-state index is 0.0587. The Labute approximate surface area is 98.4 Å². The van der Waals surface area contributed by atoms with Crippen molar-refractivity contribution in [3.8, 4) is 0 Å². The zero-order chi connectivity index (χ0) is 12.3. The number of halogens is 1. The summed E-state index contributed by atoms with van der Waals surface area (Å²) in [5.74, 6) is -0.883. The molecule has 0 unspecified atom stereocenters. The average molecular weight is 236 g/mol. The largest absolute Gasteiger partial charge is 0.339 e. The van der Waals surface area contributed by atoms with E-state index in [2.05, 4.69) is 5.32 Å². The zero-order valence-electron chi connectivity index (χ0n) is 9.28. The van der Waals surface area contributed by atoms with E-state index in [1.165, 1.54) is 12.1 Å². The summed E-state index contributed by atoms with van der Waals surface area (Å²) in [5.41, 5.74) is 0.402. The van der Waals surface area contributed by atoms with Crippen LogP contribution in [0, 0.1) is 5.82 Å². The van der Waals surface area contributed by atoms with Crippen LogP contribution in [0.3, 0.4) is 0 Å². The molecule has 1 saturated heterocycles. The van der Waals surface area contributed by atoms with Gasteiger partial charge in [0.15, 0.2) is 0 Å². The van der Waals surface area contributed by atoms with Crippen LogP contribution in [0.4, 0.5) is 10.1 Å². The standard InChI is InChI=1S/C12H13FN2O2/c13-11-7-9(14-8-16)3-4-10(11)12(17)15-5-1-2-6-15/h3-4,7-8H,1-2,5-6H2,(H,14,16). The first-order chi connectivity index (χ1) is 8.22. The molecule has 17 heavy (non-hydrogen) atoms.